The monoisotopic (exact) mass is 734 g/mol. The molecule has 0 saturated heterocycles. The molecular formula is C50H34N6O. The van der Waals surface area contributed by atoms with Gasteiger partial charge in [0.25, 0.3) is 0 Å². The molecule has 1 unspecified atom stereocenters. The largest absolute Gasteiger partial charge is 0.436 e. The minimum atomic E-state index is -0.0119. The summed E-state index contributed by atoms with van der Waals surface area (Å²) in [5.41, 5.74) is 13.6. The van der Waals surface area contributed by atoms with Gasteiger partial charge in [-0.1, -0.05) is 121 Å². The first-order valence-corrected chi connectivity index (χ1v) is 19.6. The summed E-state index contributed by atoms with van der Waals surface area (Å²) < 4.78 is 6.80. The molecule has 0 radical (unpaired) electrons. The van der Waals surface area contributed by atoms with Crippen LogP contribution in [0.1, 0.15) is 34.6 Å². The topological polar surface area (TPSA) is 83.7 Å². The second-order valence-electron chi connectivity index (χ2n) is 15.0. The van der Waals surface area contributed by atoms with Crippen LogP contribution in [0.25, 0.3) is 83.9 Å². The lowest BCUT2D eigenvalue weighted by Gasteiger charge is -2.32. The van der Waals surface area contributed by atoms with E-state index in [2.05, 4.69) is 125 Å². The van der Waals surface area contributed by atoms with E-state index in [1.165, 1.54) is 22.4 Å². The fourth-order valence-electron chi connectivity index (χ4n) is 9.12. The summed E-state index contributed by atoms with van der Waals surface area (Å²) in [6.45, 7) is 0.826. The van der Waals surface area contributed by atoms with Gasteiger partial charge in [0, 0.05) is 45.3 Å². The third kappa shape index (κ3) is 4.98. The molecule has 0 fully saturated rings. The lowest BCUT2D eigenvalue weighted by molar-refractivity contribution is 0.620. The molecule has 1 aliphatic heterocycles. The zero-order valence-corrected chi connectivity index (χ0v) is 30.9. The average molecular weight is 735 g/mol. The summed E-state index contributed by atoms with van der Waals surface area (Å²) in [5, 5.41) is 12.6. The quantitative estimate of drug-likeness (QED) is 0.189. The highest BCUT2D eigenvalue weighted by Gasteiger charge is 2.33. The van der Waals surface area contributed by atoms with E-state index in [-0.39, 0.29) is 5.92 Å². The zero-order valence-electron chi connectivity index (χ0n) is 30.9. The molecule has 4 aromatic heterocycles. The number of aromatic amines is 1. The number of nitrogens with zero attached hydrogens (tertiary/aromatic N) is 5. The van der Waals surface area contributed by atoms with Gasteiger partial charge in [-0.05, 0) is 71.5 Å². The summed E-state index contributed by atoms with van der Waals surface area (Å²) in [5.74, 6) is 1.35. The van der Waals surface area contributed by atoms with Crippen LogP contribution in [0.3, 0.4) is 0 Å². The molecule has 270 valence electrons. The summed E-state index contributed by atoms with van der Waals surface area (Å²) in [4.78, 5) is 18.6. The number of allylic oxidation sites excluding steroid dienone is 1. The summed E-state index contributed by atoms with van der Waals surface area (Å²) >= 11 is 0. The molecule has 0 saturated carbocycles. The fraction of sp³-hybridized carbons (Fsp3) is 0.0800. The maximum atomic E-state index is 6.80. The average Bonchev–Trinajstić information content (AvgIpc) is 4.02. The Morgan fingerprint density at radius 2 is 1.46 bits per heavy atom. The third-order valence-electron chi connectivity index (χ3n) is 11.7. The number of para-hydroxylation sites is 5. The summed E-state index contributed by atoms with van der Waals surface area (Å²) in [6, 6.07) is 50.7. The molecule has 5 heterocycles. The standard InChI is InChI=1S/C50H34N6O/c1-4-16-33-30(12-1)23-25-34(33)35-26-27-37-44(45(35)47-36-17-5-7-19-39(36)54-55-47)46(50-52-40-20-8-10-22-43(40)57-50)48(41-28-24-31-13-2-6-18-38(31)51-41)53-49(37)56-29-11-15-32-14-3-9-21-42(32)56/h1-10,12-14,16-28,34H,11,15,29H2,(H,54,55). The normalized spacial score (nSPS) is 14.9. The Hall–Kier alpha value is -7.38. The van der Waals surface area contributed by atoms with Crippen molar-refractivity contribution in [3.63, 3.8) is 0 Å². The van der Waals surface area contributed by atoms with Gasteiger partial charge >= 0.3 is 0 Å². The number of rotatable bonds is 5. The van der Waals surface area contributed by atoms with E-state index in [1.807, 2.05) is 42.5 Å². The Bertz CT molecular complexity index is 3230. The second-order valence-corrected chi connectivity index (χ2v) is 15.0. The number of aromatic nitrogens is 5. The van der Waals surface area contributed by atoms with Crippen molar-refractivity contribution in [3.8, 4) is 34.1 Å². The molecule has 0 amide bonds. The molecule has 1 aliphatic carbocycles. The van der Waals surface area contributed by atoms with Crippen LogP contribution < -0.4 is 4.90 Å². The molecule has 1 N–H and O–H groups in total. The Morgan fingerprint density at radius 3 is 2.42 bits per heavy atom. The van der Waals surface area contributed by atoms with E-state index in [0.29, 0.717) is 17.2 Å². The first kappa shape index (κ1) is 31.9. The number of H-pyrrole nitrogens is 1. The number of pyridine rings is 2. The van der Waals surface area contributed by atoms with Crippen molar-refractivity contribution in [2.24, 2.45) is 0 Å². The van der Waals surface area contributed by atoms with Gasteiger partial charge < -0.3 is 9.32 Å². The molecule has 0 spiro atoms. The van der Waals surface area contributed by atoms with E-state index in [4.69, 9.17) is 24.5 Å². The van der Waals surface area contributed by atoms with Gasteiger partial charge in [0.05, 0.1) is 22.3 Å². The molecule has 7 nitrogen and oxygen atoms in total. The molecule has 0 bridgehead atoms. The highest BCUT2D eigenvalue weighted by atomic mass is 16.3. The Morgan fingerprint density at radius 1 is 0.632 bits per heavy atom. The van der Waals surface area contributed by atoms with E-state index < -0.39 is 0 Å². The third-order valence-corrected chi connectivity index (χ3v) is 11.7. The van der Waals surface area contributed by atoms with Crippen molar-refractivity contribution in [2.75, 3.05) is 11.4 Å². The Kier molecular flexibility index (Phi) is 7.04. The number of oxazole rings is 1. The van der Waals surface area contributed by atoms with E-state index in [0.717, 1.165) is 91.4 Å². The molecule has 6 aromatic carbocycles. The molecule has 10 aromatic rings. The van der Waals surface area contributed by atoms with Crippen LogP contribution in [-0.4, -0.2) is 31.7 Å². The maximum Gasteiger partial charge on any atom is 0.230 e. The smallest absolute Gasteiger partial charge is 0.230 e. The number of fused-ring (bicyclic) bond motifs is 6. The van der Waals surface area contributed by atoms with Gasteiger partial charge in [-0.15, -0.1) is 0 Å². The molecule has 7 heteroatoms. The van der Waals surface area contributed by atoms with E-state index in [1.54, 1.807) is 0 Å². The van der Waals surface area contributed by atoms with Crippen LogP contribution in [0.2, 0.25) is 0 Å². The molecular weight excluding hydrogens is 701 g/mol. The minimum absolute atomic E-state index is 0.0119. The molecule has 2 aliphatic rings. The number of hydrogen-bond acceptors (Lipinski definition) is 6. The van der Waals surface area contributed by atoms with Crippen molar-refractivity contribution < 1.29 is 4.42 Å². The summed E-state index contributed by atoms with van der Waals surface area (Å²) in [7, 11) is 0. The highest BCUT2D eigenvalue weighted by molar-refractivity contribution is 6.16. The number of benzene rings is 6. The molecule has 12 rings (SSSR count). The molecule has 57 heavy (non-hydrogen) atoms. The van der Waals surface area contributed by atoms with Gasteiger partial charge in [-0.3, -0.25) is 5.10 Å². The highest BCUT2D eigenvalue weighted by Crippen LogP contribution is 2.51. The lowest BCUT2D eigenvalue weighted by atomic mass is 9.83. The van der Waals surface area contributed by atoms with Crippen molar-refractivity contribution in [3.05, 3.63) is 174 Å². The van der Waals surface area contributed by atoms with Crippen LogP contribution in [0.15, 0.2) is 156 Å². The van der Waals surface area contributed by atoms with Crippen molar-refractivity contribution in [1.29, 1.82) is 0 Å². The lowest BCUT2D eigenvalue weighted by Crippen LogP contribution is -2.26. The number of aryl methyl sites for hydroxylation is 1. The number of nitrogens with one attached hydrogen (secondary N) is 1. The van der Waals surface area contributed by atoms with Gasteiger partial charge in [0.2, 0.25) is 5.89 Å². The first-order valence-electron chi connectivity index (χ1n) is 19.6. The number of hydrogen-bond donors (Lipinski definition) is 1. The predicted molar refractivity (Wildman–Crippen MR) is 230 cm³/mol. The van der Waals surface area contributed by atoms with Gasteiger partial charge in [-0.25, -0.2) is 15.0 Å². The van der Waals surface area contributed by atoms with Crippen LogP contribution in [-0.2, 0) is 6.42 Å². The SMILES string of the molecule is C1=CC(c2ccc3c(N4CCCc5ccccc54)nc(-c4ccc5ccccc5n4)c(-c4nc5ccccc5o4)c3c2-c2n[nH]c3ccccc23)c2ccccc21. The van der Waals surface area contributed by atoms with E-state index in [9.17, 15) is 0 Å². The Balaban J connectivity index is 1.29. The van der Waals surface area contributed by atoms with E-state index >= 15 is 0 Å². The fourth-order valence-corrected chi connectivity index (χ4v) is 9.12. The summed E-state index contributed by atoms with van der Waals surface area (Å²) in [6.07, 6.45) is 6.59. The van der Waals surface area contributed by atoms with Crippen molar-refractivity contribution in [2.45, 2.75) is 18.8 Å². The first-order chi connectivity index (χ1) is 28.3. The minimum Gasteiger partial charge on any atom is -0.436 e. The Labute approximate surface area is 328 Å². The predicted octanol–water partition coefficient (Wildman–Crippen LogP) is 12.0. The van der Waals surface area contributed by atoms with Crippen LogP contribution in [0.5, 0.6) is 0 Å². The van der Waals surface area contributed by atoms with Crippen LogP contribution >= 0.6 is 0 Å². The van der Waals surface area contributed by atoms with Gasteiger partial charge in [-0.2, -0.15) is 5.10 Å². The van der Waals surface area contributed by atoms with Crippen LogP contribution in [0.4, 0.5) is 11.5 Å². The van der Waals surface area contributed by atoms with Crippen molar-refractivity contribution >= 4 is 61.3 Å². The number of anilines is 2. The van der Waals surface area contributed by atoms with Gasteiger partial charge in [0.15, 0.2) is 5.58 Å². The zero-order chi connectivity index (χ0) is 37.5. The van der Waals surface area contributed by atoms with Gasteiger partial charge in [0.1, 0.15) is 22.7 Å². The van der Waals surface area contributed by atoms with Crippen LogP contribution in [0, 0.1) is 0 Å². The maximum absolute atomic E-state index is 6.80. The van der Waals surface area contributed by atoms with Crippen molar-refractivity contribution in [1.82, 2.24) is 25.1 Å². The molecule has 1 atom stereocenters. The second kappa shape index (κ2) is 12.6.